The molecule has 0 unspecified atom stereocenters. The third kappa shape index (κ3) is 7.99. The van der Waals surface area contributed by atoms with E-state index in [1.165, 1.54) is 9.21 Å². The van der Waals surface area contributed by atoms with Gasteiger partial charge in [0.15, 0.2) is 0 Å². The van der Waals surface area contributed by atoms with E-state index in [2.05, 4.69) is 4.90 Å². The zero-order chi connectivity index (χ0) is 33.7. The van der Waals surface area contributed by atoms with Crippen LogP contribution in [0.1, 0.15) is 11.1 Å². The number of anilines is 1. The van der Waals surface area contributed by atoms with Crippen molar-refractivity contribution in [3.05, 3.63) is 125 Å². The SMILES string of the molecule is COc1ccc(CN(Cc2cccc3ccccc23)S(=O)(=O)Sc2ccc(Oc3cccc(N4CCN(C(=O)O)CC4)c3)c(Cl)c2)cc1. The van der Waals surface area contributed by atoms with Crippen molar-refractivity contribution in [2.24, 2.45) is 0 Å². The Kier molecular flexibility index (Phi) is 10.3. The molecule has 0 saturated carbocycles. The van der Waals surface area contributed by atoms with E-state index < -0.39 is 15.1 Å². The maximum Gasteiger partial charge on any atom is 0.407 e. The van der Waals surface area contributed by atoms with Gasteiger partial charge in [-0.1, -0.05) is 72.3 Å². The summed E-state index contributed by atoms with van der Waals surface area (Å²) in [6, 6.07) is 33.7. The number of piperazine rings is 1. The van der Waals surface area contributed by atoms with Crippen LogP contribution in [0.25, 0.3) is 10.8 Å². The summed E-state index contributed by atoms with van der Waals surface area (Å²) >= 11 is 6.65. The van der Waals surface area contributed by atoms with Gasteiger partial charge in [-0.3, -0.25) is 0 Å². The highest BCUT2D eigenvalue weighted by molar-refractivity contribution is 8.71. The predicted octanol–water partition coefficient (Wildman–Crippen LogP) is 8.13. The van der Waals surface area contributed by atoms with Gasteiger partial charge in [0.1, 0.15) is 17.2 Å². The van der Waals surface area contributed by atoms with Crippen molar-refractivity contribution >= 4 is 54.0 Å². The molecule has 48 heavy (non-hydrogen) atoms. The molecule has 248 valence electrons. The summed E-state index contributed by atoms with van der Waals surface area (Å²) in [5.74, 6) is 1.64. The van der Waals surface area contributed by atoms with Gasteiger partial charge < -0.3 is 24.4 Å². The lowest BCUT2D eigenvalue weighted by Gasteiger charge is -2.34. The minimum Gasteiger partial charge on any atom is -0.497 e. The van der Waals surface area contributed by atoms with Crippen LogP contribution < -0.4 is 14.4 Å². The van der Waals surface area contributed by atoms with Gasteiger partial charge in [-0.25, -0.2) is 13.2 Å². The molecule has 1 heterocycles. The van der Waals surface area contributed by atoms with Crippen molar-refractivity contribution in [3.63, 3.8) is 0 Å². The Morgan fingerprint density at radius 2 is 1.58 bits per heavy atom. The van der Waals surface area contributed by atoms with E-state index in [1.807, 2.05) is 91.0 Å². The third-order valence-corrected chi connectivity index (χ3v) is 11.8. The molecule has 5 aromatic carbocycles. The van der Waals surface area contributed by atoms with Crippen LogP contribution in [0, 0.1) is 0 Å². The molecule has 1 amide bonds. The van der Waals surface area contributed by atoms with E-state index in [1.54, 1.807) is 25.3 Å². The summed E-state index contributed by atoms with van der Waals surface area (Å²) in [4.78, 5) is 15.2. The number of methoxy groups -OCH3 is 1. The van der Waals surface area contributed by atoms with Crippen molar-refractivity contribution in [1.29, 1.82) is 0 Å². The number of carbonyl (C=O) groups is 1. The Labute approximate surface area is 288 Å². The average Bonchev–Trinajstić information content (AvgIpc) is 3.09. The monoisotopic (exact) mass is 703 g/mol. The fourth-order valence-corrected chi connectivity index (χ4v) is 8.79. The van der Waals surface area contributed by atoms with Gasteiger partial charge in [0, 0.05) is 66.7 Å². The first-order valence-corrected chi connectivity index (χ1v) is 18.4. The number of hydrogen-bond donors (Lipinski definition) is 1. The lowest BCUT2D eigenvalue weighted by molar-refractivity contribution is 0.142. The summed E-state index contributed by atoms with van der Waals surface area (Å²) < 4.78 is 41.0. The average molecular weight is 704 g/mol. The normalized spacial score (nSPS) is 13.6. The highest BCUT2D eigenvalue weighted by Crippen LogP contribution is 2.38. The first kappa shape index (κ1) is 33.5. The maximum atomic E-state index is 14.1. The van der Waals surface area contributed by atoms with Gasteiger partial charge in [0.25, 0.3) is 9.06 Å². The first-order chi connectivity index (χ1) is 23.2. The smallest absolute Gasteiger partial charge is 0.407 e. The number of fused-ring (bicyclic) bond motifs is 1. The third-order valence-electron chi connectivity index (χ3n) is 8.13. The van der Waals surface area contributed by atoms with Crippen molar-refractivity contribution in [3.8, 4) is 17.2 Å². The van der Waals surface area contributed by atoms with Gasteiger partial charge in [-0.05, 0) is 64.4 Å². The topological polar surface area (TPSA) is 99.6 Å². The molecule has 5 aromatic rings. The number of ether oxygens (including phenoxy) is 2. The molecule has 1 aliphatic heterocycles. The Balaban J connectivity index is 1.20. The number of halogens is 1. The van der Waals surface area contributed by atoms with Crippen molar-refractivity contribution in [1.82, 2.24) is 9.21 Å². The van der Waals surface area contributed by atoms with E-state index in [9.17, 15) is 18.3 Å². The number of hydrogen-bond acceptors (Lipinski definition) is 7. The molecule has 0 aromatic heterocycles. The van der Waals surface area contributed by atoms with Crippen LogP contribution in [-0.4, -0.2) is 62.1 Å². The highest BCUT2D eigenvalue weighted by Gasteiger charge is 2.26. The fraction of sp³-hybridized carbons (Fsp3) is 0.194. The standard InChI is InChI=1S/C36H34ClN3O6S2/c1-45-30-14-12-26(13-15-30)24-40(25-28-8-4-7-27-6-2-3-11-33(27)28)48(43,44)47-32-16-17-35(34(37)23-32)46-31-10-5-9-29(22-31)38-18-20-39(21-19-38)36(41)42/h2-17,22-23H,18-21,24-25H2,1H3,(H,41,42). The fourth-order valence-electron chi connectivity index (χ4n) is 5.59. The highest BCUT2D eigenvalue weighted by atomic mass is 35.5. The summed E-state index contributed by atoms with van der Waals surface area (Å²) in [5, 5.41) is 11.5. The van der Waals surface area contributed by atoms with Crippen LogP contribution in [0.15, 0.2) is 114 Å². The van der Waals surface area contributed by atoms with Crippen LogP contribution in [-0.2, 0) is 22.1 Å². The van der Waals surface area contributed by atoms with Gasteiger partial charge in [-0.15, -0.1) is 0 Å². The van der Waals surface area contributed by atoms with Crippen LogP contribution in [0.3, 0.4) is 0 Å². The van der Waals surface area contributed by atoms with Crippen LogP contribution >= 0.6 is 22.4 Å². The number of benzene rings is 5. The zero-order valence-electron chi connectivity index (χ0n) is 26.2. The first-order valence-electron chi connectivity index (χ1n) is 15.3. The lowest BCUT2D eigenvalue weighted by atomic mass is 10.0. The van der Waals surface area contributed by atoms with E-state index in [4.69, 9.17) is 21.1 Å². The summed E-state index contributed by atoms with van der Waals surface area (Å²) in [7, 11) is -1.57. The van der Waals surface area contributed by atoms with E-state index in [0.29, 0.717) is 48.3 Å². The largest absolute Gasteiger partial charge is 0.497 e. The summed E-state index contributed by atoms with van der Waals surface area (Å²) in [6.07, 6.45) is -0.912. The molecule has 0 bridgehead atoms. The molecule has 1 fully saturated rings. The molecule has 6 rings (SSSR count). The van der Waals surface area contributed by atoms with Gasteiger partial charge in [0.2, 0.25) is 0 Å². The molecule has 0 atom stereocenters. The Hall–Kier alpha value is -4.42. The molecule has 1 saturated heterocycles. The van der Waals surface area contributed by atoms with Crippen molar-refractivity contribution in [2.45, 2.75) is 18.0 Å². The molecule has 12 heteroatoms. The predicted molar refractivity (Wildman–Crippen MR) is 191 cm³/mol. The molecule has 9 nitrogen and oxygen atoms in total. The summed E-state index contributed by atoms with van der Waals surface area (Å²) in [5.41, 5.74) is 2.64. The van der Waals surface area contributed by atoms with E-state index in [0.717, 1.165) is 38.4 Å². The lowest BCUT2D eigenvalue weighted by Crippen LogP contribution is -2.48. The number of rotatable bonds is 11. The van der Waals surface area contributed by atoms with Crippen LogP contribution in [0.5, 0.6) is 17.2 Å². The number of amides is 1. The minimum absolute atomic E-state index is 0.166. The minimum atomic E-state index is -3.90. The summed E-state index contributed by atoms with van der Waals surface area (Å²) in [6.45, 7) is 2.35. The number of carboxylic acid groups (broad SMARTS) is 1. The second-order valence-electron chi connectivity index (χ2n) is 11.2. The molecule has 1 aliphatic rings. The molecule has 1 N–H and O–H groups in total. The van der Waals surface area contributed by atoms with Crippen molar-refractivity contribution < 1.29 is 27.8 Å². The van der Waals surface area contributed by atoms with E-state index in [-0.39, 0.29) is 18.1 Å². The molecular weight excluding hydrogens is 670 g/mol. The Morgan fingerprint density at radius 3 is 2.31 bits per heavy atom. The van der Waals surface area contributed by atoms with Gasteiger partial charge >= 0.3 is 6.09 Å². The van der Waals surface area contributed by atoms with Crippen LogP contribution in [0.4, 0.5) is 10.5 Å². The maximum absolute atomic E-state index is 14.1. The molecule has 0 radical (unpaired) electrons. The zero-order valence-corrected chi connectivity index (χ0v) is 28.5. The van der Waals surface area contributed by atoms with Crippen molar-refractivity contribution in [2.75, 3.05) is 38.2 Å². The molecular formula is C36H34ClN3O6S2. The quantitative estimate of drug-likeness (QED) is 0.138. The Morgan fingerprint density at radius 1 is 0.854 bits per heavy atom. The van der Waals surface area contributed by atoms with Gasteiger partial charge in [-0.2, -0.15) is 4.31 Å². The van der Waals surface area contributed by atoms with E-state index >= 15 is 0 Å². The Bertz CT molecular complexity index is 2010. The molecule has 0 aliphatic carbocycles. The second-order valence-corrected chi connectivity index (χ2v) is 15.4. The van der Waals surface area contributed by atoms with Gasteiger partial charge in [0.05, 0.1) is 12.1 Å². The second kappa shape index (κ2) is 14.8. The number of nitrogens with zero attached hydrogens (tertiary/aromatic N) is 3. The van der Waals surface area contributed by atoms with Crippen LogP contribution in [0.2, 0.25) is 5.02 Å². The molecule has 0 spiro atoms.